The van der Waals surface area contributed by atoms with Crippen molar-refractivity contribution in [2.45, 2.75) is 38.0 Å². The molecule has 5 rings (SSSR count). The standard InChI is InChI=1S/C29H32ClFN6O2/c1-18-15-33-29(34-23-5-6-24(25(31)14-23)19-7-10-32-11-8-19)36-27(18)37-12-9-21(16-37)28(39)35-26(17-38)20-3-2-4-22(30)13-20/h2-6,9,12-16,19,26,29,32-34,38H,7-8,10-11,17H2,1H3,(H,35,39). The molecule has 10 heteroatoms. The largest absolute Gasteiger partial charge is 0.394 e. The summed E-state index contributed by atoms with van der Waals surface area (Å²) < 4.78 is 16.7. The molecule has 0 saturated carbocycles. The summed E-state index contributed by atoms with van der Waals surface area (Å²) in [5.74, 6) is 0.342. The lowest BCUT2D eigenvalue weighted by Gasteiger charge is -2.25. The van der Waals surface area contributed by atoms with Gasteiger partial charge in [0.15, 0.2) is 6.29 Å². The first kappa shape index (κ1) is 26.9. The van der Waals surface area contributed by atoms with Gasteiger partial charge in [-0.05, 0) is 80.2 Å². The van der Waals surface area contributed by atoms with Crippen molar-refractivity contribution < 1.29 is 14.3 Å². The molecule has 1 saturated heterocycles. The maximum atomic E-state index is 14.9. The number of benzene rings is 2. The van der Waals surface area contributed by atoms with Crippen LogP contribution in [0.15, 0.2) is 77.7 Å². The number of aromatic nitrogens is 1. The van der Waals surface area contributed by atoms with Gasteiger partial charge in [0.25, 0.3) is 5.91 Å². The summed E-state index contributed by atoms with van der Waals surface area (Å²) in [6.45, 7) is 3.47. The van der Waals surface area contributed by atoms with Crippen LogP contribution >= 0.6 is 11.6 Å². The topological polar surface area (TPSA) is 103 Å². The number of rotatable bonds is 7. The van der Waals surface area contributed by atoms with Crippen molar-refractivity contribution in [1.82, 2.24) is 20.5 Å². The number of aliphatic imine (C=N–C) groups is 1. The van der Waals surface area contributed by atoms with E-state index < -0.39 is 12.3 Å². The van der Waals surface area contributed by atoms with Gasteiger partial charge in [0, 0.05) is 34.9 Å². The fourth-order valence-corrected chi connectivity index (χ4v) is 5.17. The van der Waals surface area contributed by atoms with Gasteiger partial charge < -0.3 is 30.9 Å². The van der Waals surface area contributed by atoms with Crippen LogP contribution in [0, 0.1) is 5.82 Å². The molecule has 3 heterocycles. The number of carbonyl (C=O) groups is 1. The SMILES string of the molecule is CC1=CNC(Nc2ccc(C3CCNCC3)c(F)c2)N=C1n1ccc(C(=O)NC(CO)c2cccc(Cl)c2)c1. The second-order valence-corrected chi connectivity index (χ2v) is 10.3. The predicted octanol–water partition coefficient (Wildman–Crippen LogP) is 4.36. The fourth-order valence-electron chi connectivity index (χ4n) is 4.97. The van der Waals surface area contributed by atoms with E-state index in [1.165, 1.54) is 6.07 Å². The number of piperidine rings is 1. The Morgan fingerprint density at radius 1 is 1.23 bits per heavy atom. The Morgan fingerprint density at radius 2 is 2.05 bits per heavy atom. The molecule has 2 unspecified atom stereocenters. The molecule has 0 radical (unpaired) electrons. The smallest absolute Gasteiger partial charge is 0.253 e. The molecular weight excluding hydrogens is 519 g/mol. The zero-order valence-corrected chi connectivity index (χ0v) is 22.4. The average Bonchev–Trinajstić information content (AvgIpc) is 3.44. The Kier molecular flexibility index (Phi) is 8.30. The van der Waals surface area contributed by atoms with Crippen molar-refractivity contribution >= 4 is 29.0 Å². The molecule has 1 aromatic heterocycles. The molecule has 1 amide bonds. The molecule has 0 aliphatic carbocycles. The maximum absolute atomic E-state index is 14.9. The molecule has 8 nitrogen and oxygen atoms in total. The van der Waals surface area contributed by atoms with E-state index in [-0.39, 0.29) is 24.2 Å². The first-order chi connectivity index (χ1) is 18.9. The Morgan fingerprint density at radius 3 is 2.79 bits per heavy atom. The van der Waals surface area contributed by atoms with E-state index in [9.17, 15) is 14.3 Å². The molecule has 1 fully saturated rings. The van der Waals surface area contributed by atoms with Gasteiger partial charge in [0.05, 0.1) is 18.2 Å². The van der Waals surface area contributed by atoms with Crippen LogP contribution in [0.2, 0.25) is 5.02 Å². The van der Waals surface area contributed by atoms with E-state index in [0.717, 1.165) is 37.1 Å². The van der Waals surface area contributed by atoms with Crippen LogP contribution < -0.4 is 21.3 Å². The minimum Gasteiger partial charge on any atom is -0.394 e. The van der Waals surface area contributed by atoms with Crippen molar-refractivity contribution in [3.63, 3.8) is 0 Å². The zero-order chi connectivity index (χ0) is 27.4. The molecule has 0 spiro atoms. The Labute approximate surface area is 232 Å². The van der Waals surface area contributed by atoms with Crippen LogP contribution in [0.4, 0.5) is 10.1 Å². The summed E-state index contributed by atoms with van der Waals surface area (Å²) in [4.78, 5) is 17.7. The second kappa shape index (κ2) is 12.0. The van der Waals surface area contributed by atoms with Crippen molar-refractivity contribution in [2.24, 2.45) is 4.99 Å². The minimum atomic E-state index is -0.590. The number of aliphatic hydroxyl groups excluding tert-OH is 1. The summed E-state index contributed by atoms with van der Waals surface area (Å²) in [7, 11) is 0. The van der Waals surface area contributed by atoms with Crippen molar-refractivity contribution in [1.29, 1.82) is 0 Å². The number of halogens is 2. The van der Waals surface area contributed by atoms with Crippen molar-refractivity contribution in [3.05, 3.63) is 100 Å². The third-order valence-electron chi connectivity index (χ3n) is 7.08. The first-order valence-electron chi connectivity index (χ1n) is 13.0. The van der Waals surface area contributed by atoms with E-state index in [1.54, 1.807) is 47.3 Å². The van der Waals surface area contributed by atoms with E-state index in [2.05, 4.69) is 21.3 Å². The van der Waals surface area contributed by atoms with E-state index in [1.807, 2.05) is 25.3 Å². The number of carbonyl (C=O) groups excluding carboxylic acids is 1. The number of nitrogens with one attached hydrogen (secondary N) is 4. The number of allylic oxidation sites excluding steroid dienone is 1. The van der Waals surface area contributed by atoms with Gasteiger partial charge in [-0.1, -0.05) is 29.8 Å². The monoisotopic (exact) mass is 550 g/mol. The van der Waals surface area contributed by atoms with Gasteiger partial charge in [-0.15, -0.1) is 0 Å². The number of anilines is 1. The lowest BCUT2D eigenvalue weighted by Crippen LogP contribution is -2.37. The Balaban J connectivity index is 1.27. The van der Waals surface area contributed by atoms with Crippen LogP contribution in [0.1, 0.15) is 53.2 Å². The van der Waals surface area contributed by atoms with Gasteiger partial charge in [0.1, 0.15) is 11.7 Å². The average molecular weight is 551 g/mol. The van der Waals surface area contributed by atoms with Crippen LogP contribution in [0.25, 0.3) is 0 Å². The number of nitrogens with zero attached hydrogens (tertiary/aromatic N) is 2. The molecule has 2 aliphatic rings. The Bertz CT molecular complexity index is 1400. The molecule has 5 N–H and O–H groups in total. The summed E-state index contributed by atoms with van der Waals surface area (Å²) in [5, 5.41) is 22.9. The molecule has 2 aliphatic heterocycles. The summed E-state index contributed by atoms with van der Waals surface area (Å²) in [6.07, 6.45) is 6.63. The molecule has 3 aromatic rings. The molecule has 204 valence electrons. The highest BCUT2D eigenvalue weighted by Crippen LogP contribution is 2.29. The number of hydrogen-bond acceptors (Lipinski definition) is 6. The fraction of sp³-hybridized carbons (Fsp3) is 0.310. The second-order valence-electron chi connectivity index (χ2n) is 9.83. The zero-order valence-electron chi connectivity index (χ0n) is 21.6. The van der Waals surface area contributed by atoms with Gasteiger partial charge >= 0.3 is 0 Å². The van der Waals surface area contributed by atoms with Gasteiger partial charge in [-0.3, -0.25) is 4.79 Å². The van der Waals surface area contributed by atoms with Crippen LogP contribution in [-0.2, 0) is 0 Å². The third-order valence-corrected chi connectivity index (χ3v) is 7.32. The van der Waals surface area contributed by atoms with Gasteiger partial charge in [-0.25, -0.2) is 9.38 Å². The molecule has 39 heavy (non-hydrogen) atoms. The summed E-state index contributed by atoms with van der Waals surface area (Å²) in [5.41, 5.74) is 3.39. The lowest BCUT2D eigenvalue weighted by molar-refractivity contribution is 0.0916. The highest BCUT2D eigenvalue weighted by atomic mass is 35.5. The van der Waals surface area contributed by atoms with Crippen molar-refractivity contribution in [3.8, 4) is 0 Å². The van der Waals surface area contributed by atoms with Gasteiger partial charge in [0.2, 0.25) is 0 Å². The van der Waals surface area contributed by atoms with Gasteiger partial charge in [-0.2, -0.15) is 0 Å². The minimum absolute atomic E-state index is 0.210. The summed E-state index contributed by atoms with van der Waals surface area (Å²) in [6, 6.07) is 13.4. The molecule has 2 aromatic carbocycles. The lowest BCUT2D eigenvalue weighted by atomic mass is 9.90. The number of aliphatic hydroxyl groups is 1. The number of hydrogen-bond donors (Lipinski definition) is 5. The quantitative estimate of drug-likeness (QED) is 0.301. The predicted molar refractivity (Wildman–Crippen MR) is 152 cm³/mol. The highest BCUT2D eigenvalue weighted by molar-refractivity contribution is 6.30. The van der Waals surface area contributed by atoms with E-state index in [0.29, 0.717) is 27.7 Å². The maximum Gasteiger partial charge on any atom is 0.253 e. The normalized spacial score (nSPS) is 18.5. The number of amides is 1. The van der Waals surface area contributed by atoms with Crippen molar-refractivity contribution in [2.75, 3.05) is 25.0 Å². The molecule has 0 bridgehead atoms. The van der Waals surface area contributed by atoms with Crippen LogP contribution in [0.5, 0.6) is 0 Å². The van der Waals surface area contributed by atoms with E-state index in [4.69, 9.17) is 16.6 Å². The molecule has 2 atom stereocenters. The highest BCUT2D eigenvalue weighted by Gasteiger charge is 2.21. The van der Waals surface area contributed by atoms with E-state index >= 15 is 0 Å². The van der Waals surface area contributed by atoms with Crippen LogP contribution in [0.3, 0.4) is 0 Å². The third kappa shape index (κ3) is 6.33. The first-order valence-corrected chi connectivity index (χ1v) is 13.4. The van der Waals surface area contributed by atoms with Crippen LogP contribution in [-0.4, -0.2) is 47.4 Å². The summed E-state index contributed by atoms with van der Waals surface area (Å²) >= 11 is 6.06. The molecular formula is C29H32ClFN6O2. The Hall–Kier alpha value is -3.66.